The van der Waals surface area contributed by atoms with Gasteiger partial charge in [0, 0.05) is 19.4 Å². The van der Waals surface area contributed by atoms with Crippen molar-refractivity contribution >= 4 is 11.7 Å². The van der Waals surface area contributed by atoms with Crippen LogP contribution in [0.5, 0.6) is 0 Å². The largest absolute Gasteiger partial charge is 0.333 e. The zero-order valence-corrected chi connectivity index (χ0v) is 10.7. The molecule has 0 aromatic heterocycles. The number of ketones is 1. The molecular weight excluding hydrogens is 202 g/mol. The zero-order valence-electron chi connectivity index (χ0n) is 10.7. The number of hydrogen-bond donors (Lipinski definition) is 0. The van der Waals surface area contributed by atoms with E-state index in [9.17, 15) is 9.59 Å². The minimum absolute atomic E-state index is 0.0197. The topological polar surface area (TPSA) is 37.4 Å². The Morgan fingerprint density at radius 3 is 2.31 bits per heavy atom. The molecule has 1 fully saturated rings. The maximum atomic E-state index is 12.1. The Kier molecular flexibility index (Phi) is 4.97. The molecule has 0 unspecified atom stereocenters. The van der Waals surface area contributed by atoms with Crippen LogP contribution in [0.25, 0.3) is 0 Å². The molecule has 0 aliphatic carbocycles. The van der Waals surface area contributed by atoms with E-state index >= 15 is 0 Å². The van der Waals surface area contributed by atoms with Gasteiger partial charge in [-0.25, -0.2) is 0 Å². The minimum Gasteiger partial charge on any atom is -0.333 e. The molecule has 0 aromatic carbocycles. The number of likely N-dealkylation sites (tertiary alicyclic amines) is 1. The molecule has 3 heteroatoms. The van der Waals surface area contributed by atoms with Gasteiger partial charge in [-0.2, -0.15) is 0 Å². The van der Waals surface area contributed by atoms with E-state index in [2.05, 4.69) is 0 Å². The number of hydrogen-bond acceptors (Lipinski definition) is 2. The van der Waals surface area contributed by atoms with Crippen LogP contribution in [0.4, 0.5) is 0 Å². The van der Waals surface area contributed by atoms with Crippen molar-refractivity contribution in [3.8, 4) is 0 Å². The van der Waals surface area contributed by atoms with Crippen molar-refractivity contribution in [2.75, 3.05) is 6.54 Å². The second-order valence-electron chi connectivity index (χ2n) is 4.99. The van der Waals surface area contributed by atoms with Crippen LogP contribution in [0.1, 0.15) is 52.9 Å². The smallest absolute Gasteiger partial charge is 0.220 e. The van der Waals surface area contributed by atoms with Gasteiger partial charge in [0.15, 0.2) is 5.78 Å². The predicted octanol–water partition coefficient (Wildman–Crippen LogP) is 2.39. The lowest BCUT2D eigenvalue weighted by Gasteiger charge is -2.32. The second kappa shape index (κ2) is 6.02. The molecule has 0 bridgehead atoms. The van der Waals surface area contributed by atoms with Gasteiger partial charge in [-0.1, -0.05) is 33.1 Å². The number of carbonyl (C=O) groups is 2. The highest BCUT2D eigenvalue weighted by molar-refractivity contribution is 5.89. The summed E-state index contributed by atoms with van der Waals surface area (Å²) in [6, 6.07) is -0.169. The molecule has 16 heavy (non-hydrogen) atoms. The van der Waals surface area contributed by atoms with E-state index in [1.54, 1.807) is 11.8 Å². The van der Waals surface area contributed by atoms with Crippen LogP contribution in [0.2, 0.25) is 0 Å². The molecule has 0 radical (unpaired) electrons. The molecule has 1 atom stereocenters. The molecule has 3 nitrogen and oxygen atoms in total. The fourth-order valence-corrected chi connectivity index (χ4v) is 2.34. The summed E-state index contributed by atoms with van der Waals surface area (Å²) in [4.78, 5) is 25.4. The summed E-state index contributed by atoms with van der Waals surface area (Å²) in [7, 11) is 0. The standard InChI is InChI=1S/C13H23NO2/c1-10(2)13(16)12-8-6-4-5-7-9-14(12)11(3)15/h10,12H,4-9H2,1-3H3/t12-/m0/s1. The van der Waals surface area contributed by atoms with Crippen molar-refractivity contribution in [1.82, 2.24) is 4.90 Å². The molecule has 0 aromatic rings. The van der Waals surface area contributed by atoms with E-state index < -0.39 is 0 Å². The Morgan fingerprint density at radius 1 is 1.12 bits per heavy atom. The molecule has 1 aliphatic heterocycles. The first-order valence-electron chi connectivity index (χ1n) is 6.35. The van der Waals surface area contributed by atoms with Gasteiger partial charge in [0.2, 0.25) is 5.91 Å². The molecule has 0 saturated carbocycles. The summed E-state index contributed by atoms with van der Waals surface area (Å²) < 4.78 is 0. The van der Waals surface area contributed by atoms with Crippen LogP contribution in [0.15, 0.2) is 0 Å². The zero-order chi connectivity index (χ0) is 12.1. The Morgan fingerprint density at radius 2 is 1.75 bits per heavy atom. The number of rotatable bonds is 2. The SMILES string of the molecule is CC(=O)N1CCCCCC[C@H]1C(=O)C(C)C. The molecule has 1 aliphatic rings. The molecule has 1 saturated heterocycles. The van der Waals surface area contributed by atoms with E-state index in [0.717, 1.165) is 25.8 Å². The van der Waals surface area contributed by atoms with Gasteiger partial charge in [-0.3, -0.25) is 9.59 Å². The van der Waals surface area contributed by atoms with Crippen LogP contribution in [0.3, 0.4) is 0 Å². The van der Waals surface area contributed by atoms with Crippen LogP contribution in [-0.4, -0.2) is 29.2 Å². The normalized spacial score (nSPS) is 22.8. The van der Waals surface area contributed by atoms with Crippen molar-refractivity contribution in [2.24, 2.45) is 5.92 Å². The number of Topliss-reactive ketones (excluding diaryl/α,β-unsaturated/α-hetero) is 1. The van der Waals surface area contributed by atoms with Gasteiger partial charge in [0.1, 0.15) is 0 Å². The summed E-state index contributed by atoms with van der Waals surface area (Å²) in [6.45, 7) is 6.15. The van der Waals surface area contributed by atoms with Crippen molar-refractivity contribution in [2.45, 2.75) is 58.9 Å². The highest BCUT2D eigenvalue weighted by Crippen LogP contribution is 2.19. The number of amides is 1. The maximum absolute atomic E-state index is 12.1. The molecule has 0 N–H and O–H groups in total. The van der Waals surface area contributed by atoms with E-state index in [1.807, 2.05) is 13.8 Å². The monoisotopic (exact) mass is 225 g/mol. The summed E-state index contributed by atoms with van der Waals surface area (Å²) in [6.07, 6.45) is 5.30. The molecule has 1 heterocycles. The Hall–Kier alpha value is -0.860. The van der Waals surface area contributed by atoms with Gasteiger partial charge >= 0.3 is 0 Å². The third-order valence-electron chi connectivity index (χ3n) is 3.30. The van der Waals surface area contributed by atoms with E-state index in [4.69, 9.17) is 0 Å². The van der Waals surface area contributed by atoms with Crippen LogP contribution in [-0.2, 0) is 9.59 Å². The van der Waals surface area contributed by atoms with Crippen LogP contribution >= 0.6 is 0 Å². The van der Waals surface area contributed by atoms with Gasteiger partial charge < -0.3 is 4.90 Å². The first-order valence-corrected chi connectivity index (χ1v) is 6.35. The van der Waals surface area contributed by atoms with E-state index in [1.165, 1.54) is 12.8 Å². The highest BCUT2D eigenvalue weighted by Gasteiger charge is 2.29. The fourth-order valence-electron chi connectivity index (χ4n) is 2.34. The van der Waals surface area contributed by atoms with Gasteiger partial charge in [-0.05, 0) is 12.8 Å². The van der Waals surface area contributed by atoms with Crippen LogP contribution < -0.4 is 0 Å². The molecule has 92 valence electrons. The van der Waals surface area contributed by atoms with E-state index in [0.29, 0.717) is 0 Å². The first kappa shape index (κ1) is 13.2. The average Bonchev–Trinajstić information content (AvgIpc) is 2.15. The number of nitrogens with zero attached hydrogens (tertiary/aromatic N) is 1. The summed E-state index contributed by atoms with van der Waals surface area (Å²) in [5.41, 5.74) is 0. The third kappa shape index (κ3) is 3.32. The third-order valence-corrected chi connectivity index (χ3v) is 3.30. The first-order chi connectivity index (χ1) is 7.54. The predicted molar refractivity (Wildman–Crippen MR) is 64.1 cm³/mol. The summed E-state index contributed by atoms with van der Waals surface area (Å²) in [5, 5.41) is 0. The average molecular weight is 225 g/mol. The van der Waals surface area contributed by atoms with Crippen molar-refractivity contribution in [3.05, 3.63) is 0 Å². The van der Waals surface area contributed by atoms with E-state index in [-0.39, 0.29) is 23.7 Å². The fraction of sp³-hybridized carbons (Fsp3) is 0.846. The highest BCUT2D eigenvalue weighted by atomic mass is 16.2. The lowest BCUT2D eigenvalue weighted by atomic mass is 9.93. The van der Waals surface area contributed by atoms with Crippen molar-refractivity contribution in [1.29, 1.82) is 0 Å². The maximum Gasteiger partial charge on any atom is 0.220 e. The lowest BCUT2D eigenvalue weighted by molar-refractivity contribution is -0.140. The summed E-state index contributed by atoms with van der Waals surface area (Å²) in [5.74, 6) is 0.282. The lowest BCUT2D eigenvalue weighted by Crippen LogP contribution is -2.46. The summed E-state index contributed by atoms with van der Waals surface area (Å²) >= 11 is 0. The van der Waals surface area contributed by atoms with Crippen molar-refractivity contribution < 1.29 is 9.59 Å². The molecule has 1 amide bonds. The molecule has 1 rings (SSSR count). The Labute approximate surface area is 98.2 Å². The Balaban J connectivity index is 2.78. The molecule has 0 spiro atoms. The second-order valence-corrected chi connectivity index (χ2v) is 4.99. The minimum atomic E-state index is -0.169. The quantitative estimate of drug-likeness (QED) is 0.723. The van der Waals surface area contributed by atoms with Gasteiger partial charge in [0.25, 0.3) is 0 Å². The van der Waals surface area contributed by atoms with Gasteiger partial charge in [-0.15, -0.1) is 0 Å². The van der Waals surface area contributed by atoms with Gasteiger partial charge in [0.05, 0.1) is 6.04 Å². The van der Waals surface area contributed by atoms with Crippen molar-refractivity contribution in [3.63, 3.8) is 0 Å². The number of carbonyl (C=O) groups excluding carboxylic acids is 2. The molecular formula is C13H23NO2. The van der Waals surface area contributed by atoms with Crippen LogP contribution in [0, 0.1) is 5.92 Å². The Bertz CT molecular complexity index is 261.